The maximum atomic E-state index is 12.4. The van der Waals surface area contributed by atoms with E-state index in [9.17, 15) is 19.5 Å². The lowest BCUT2D eigenvalue weighted by atomic mass is 9.91. The van der Waals surface area contributed by atoms with E-state index >= 15 is 0 Å². The van der Waals surface area contributed by atoms with E-state index in [1.807, 2.05) is 0 Å². The summed E-state index contributed by atoms with van der Waals surface area (Å²) in [5.41, 5.74) is 0.304. The first-order valence-electron chi connectivity index (χ1n) is 6.42. The van der Waals surface area contributed by atoms with Crippen LogP contribution in [-0.4, -0.2) is 28.7 Å². The largest absolute Gasteiger partial charge is 0.480 e. The van der Waals surface area contributed by atoms with Crippen molar-refractivity contribution in [2.75, 3.05) is 0 Å². The van der Waals surface area contributed by atoms with Crippen molar-refractivity contribution in [3.8, 4) is 0 Å². The van der Waals surface area contributed by atoms with E-state index in [4.69, 9.17) is 11.6 Å². The van der Waals surface area contributed by atoms with E-state index in [0.717, 1.165) is 0 Å². The zero-order valence-corrected chi connectivity index (χ0v) is 12.3. The van der Waals surface area contributed by atoms with Gasteiger partial charge in [-0.25, -0.2) is 4.79 Å². The third kappa shape index (κ3) is 2.69. The Morgan fingerprint density at radius 2 is 1.67 bits per heavy atom. The van der Waals surface area contributed by atoms with Crippen molar-refractivity contribution in [1.29, 1.82) is 0 Å². The number of fused-ring (bicyclic) bond motifs is 1. The van der Waals surface area contributed by atoms with Gasteiger partial charge in [0.25, 0.3) is 0 Å². The molecular weight excluding hydrogens is 294 g/mol. The predicted molar refractivity (Wildman–Crippen MR) is 77.4 cm³/mol. The summed E-state index contributed by atoms with van der Waals surface area (Å²) >= 11 is 5.96. The van der Waals surface area contributed by atoms with Crippen LogP contribution in [0.15, 0.2) is 35.0 Å². The second-order valence-electron chi connectivity index (χ2n) is 5.10. The number of halogens is 1. The molecule has 2 rings (SSSR count). The number of hydrogen-bond acceptors (Lipinski definition) is 4. The Morgan fingerprint density at radius 3 is 2.14 bits per heavy atom. The number of rotatable bonds is 4. The minimum atomic E-state index is -1.11. The SMILES string of the molecule is CC(C)[C@H](NC1=C(Cl)C(=O)c2ccccc2C1=O)C(=O)O. The van der Waals surface area contributed by atoms with Crippen LogP contribution in [0.2, 0.25) is 0 Å². The normalized spacial score (nSPS) is 16.0. The fourth-order valence-electron chi connectivity index (χ4n) is 2.14. The summed E-state index contributed by atoms with van der Waals surface area (Å²) in [5, 5.41) is 11.5. The highest BCUT2D eigenvalue weighted by Gasteiger charge is 2.34. The number of aliphatic carboxylic acids is 1. The van der Waals surface area contributed by atoms with Crippen LogP contribution in [0.4, 0.5) is 0 Å². The van der Waals surface area contributed by atoms with Gasteiger partial charge in [0, 0.05) is 11.1 Å². The van der Waals surface area contributed by atoms with Crippen LogP contribution in [-0.2, 0) is 4.79 Å². The molecule has 5 nitrogen and oxygen atoms in total. The highest BCUT2D eigenvalue weighted by molar-refractivity contribution is 6.49. The minimum Gasteiger partial charge on any atom is -0.480 e. The lowest BCUT2D eigenvalue weighted by Gasteiger charge is -2.24. The van der Waals surface area contributed by atoms with Crippen LogP contribution in [0.3, 0.4) is 0 Å². The molecule has 2 N–H and O–H groups in total. The monoisotopic (exact) mass is 307 g/mol. The number of carboxylic acid groups (broad SMARTS) is 1. The molecule has 0 aliphatic heterocycles. The number of carbonyl (C=O) groups is 3. The molecule has 21 heavy (non-hydrogen) atoms. The van der Waals surface area contributed by atoms with Crippen LogP contribution in [0.1, 0.15) is 34.6 Å². The van der Waals surface area contributed by atoms with Gasteiger partial charge >= 0.3 is 5.97 Å². The van der Waals surface area contributed by atoms with Gasteiger partial charge in [0.1, 0.15) is 16.8 Å². The number of Topliss-reactive ketones (excluding diaryl/α,β-unsaturated/α-hetero) is 2. The van der Waals surface area contributed by atoms with Crippen LogP contribution in [0, 0.1) is 5.92 Å². The van der Waals surface area contributed by atoms with Gasteiger partial charge in [0.05, 0.1) is 0 Å². The molecule has 6 heteroatoms. The average Bonchev–Trinajstić information content (AvgIpc) is 2.44. The Morgan fingerprint density at radius 1 is 1.14 bits per heavy atom. The number of carboxylic acids is 1. The van der Waals surface area contributed by atoms with E-state index in [2.05, 4.69) is 5.32 Å². The molecule has 0 amide bonds. The van der Waals surface area contributed by atoms with Crippen LogP contribution in [0.25, 0.3) is 0 Å². The fourth-order valence-corrected chi connectivity index (χ4v) is 2.39. The molecule has 0 radical (unpaired) electrons. The topological polar surface area (TPSA) is 83.5 Å². The second kappa shape index (κ2) is 5.69. The molecule has 1 atom stereocenters. The molecule has 0 unspecified atom stereocenters. The number of nitrogens with one attached hydrogen (secondary N) is 1. The molecule has 1 aromatic carbocycles. The number of ketones is 2. The first-order valence-corrected chi connectivity index (χ1v) is 6.80. The summed E-state index contributed by atoms with van der Waals surface area (Å²) in [5.74, 6) is -2.34. The Labute approximate surface area is 126 Å². The fraction of sp³-hybridized carbons (Fsp3) is 0.267. The molecule has 0 saturated carbocycles. The van der Waals surface area contributed by atoms with Crippen molar-refractivity contribution in [3.63, 3.8) is 0 Å². The first-order chi connectivity index (χ1) is 9.84. The molecule has 1 aliphatic rings. The maximum Gasteiger partial charge on any atom is 0.326 e. The molecule has 0 heterocycles. The van der Waals surface area contributed by atoms with Crippen LogP contribution < -0.4 is 5.32 Å². The average molecular weight is 308 g/mol. The molecule has 0 aromatic heterocycles. The Kier molecular flexibility index (Phi) is 4.14. The van der Waals surface area contributed by atoms with Gasteiger partial charge in [0.2, 0.25) is 11.6 Å². The number of hydrogen-bond donors (Lipinski definition) is 2. The van der Waals surface area contributed by atoms with Crippen molar-refractivity contribution >= 4 is 29.1 Å². The summed E-state index contributed by atoms with van der Waals surface area (Å²) in [6.45, 7) is 3.40. The molecule has 0 saturated heterocycles. The van der Waals surface area contributed by atoms with E-state index < -0.39 is 23.6 Å². The quantitative estimate of drug-likeness (QED) is 0.891. The Balaban J connectivity index is 2.45. The minimum absolute atomic E-state index is 0.151. The molecule has 0 fully saturated rings. The molecule has 1 aliphatic carbocycles. The maximum absolute atomic E-state index is 12.4. The van der Waals surface area contributed by atoms with Crippen molar-refractivity contribution in [3.05, 3.63) is 46.1 Å². The molecule has 0 spiro atoms. The number of allylic oxidation sites excluding steroid dienone is 2. The second-order valence-corrected chi connectivity index (χ2v) is 5.48. The van der Waals surface area contributed by atoms with E-state index in [1.165, 1.54) is 12.1 Å². The highest BCUT2D eigenvalue weighted by Crippen LogP contribution is 2.27. The third-order valence-electron chi connectivity index (χ3n) is 3.29. The van der Waals surface area contributed by atoms with Crippen molar-refractivity contribution in [2.45, 2.75) is 19.9 Å². The van der Waals surface area contributed by atoms with Gasteiger partial charge in [-0.3, -0.25) is 9.59 Å². The smallest absolute Gasteiger partial charge is 0.326 e. The van der Waals surface area contributed by atoms with Crippen LogP contribution in [0.5, 0.6) is 0 Å². The summed E-state index contributed by atoms with van der Waals surface area (Å²) in [7, 11) is 0. The van der Waals surface area contributed by atoms with Gasteiger partial charge in [-0.15, -0.1) is 0 Å². The summed E-state index contributed by atoms with van der Waals surface area (Å²) in [4.78, 5) is 35.8. The third-order valence-corrected chi connectivity index (χ3v) is 3.66. The zero-order valence-electron chi connectivity index (χ0n) is 11.5. The molecular formula is C15H14ClNO4. The van der Waals surface area contributed by atoms with Gasteiger partial charge in [-0.05, 0) is 5.92 Å². The summed E-state index contributed by atoms with van der Waals surface area (Å²) < 4.78 is 0. The lowest BCUT2D eigenvalue weighted by Crippen LogP contribution is -2.43. The van der Waals surface area contributed by atoms with E-state index in [1.54, 1.807) is 26.0 Å². The first kappa shape index (κ1) is 15.3. The summed E-state index contributed by atoms with van der Waals surface area (Å²) in [6.07, 6.45) is 0. The summed E-state index contributed by atoms with van der Waals surface area (Å²) in [6, 6.07) is 5.31. The zero-order chi connectivity index (χ0) is 15.7. The van der Waals surface area contributed by atoms with Crippen molar-refractivity contribution in [2.24, 2.45) is 5.92 Å². The van der Waals surface area contributed by atoms with Gasteiger partial charge in [-0.1, -0.05) is 49.7 Å². The Hall–Kier alpha value is -2.14. The number of carbonyl (C=O) groups excluding carboxylic acids is 2. The Bertz CT molecular complexity index is 663. The predicted octanol–water partition coefficient (Wildman–Crippen LogP) is 2.21. The van der Waals surface area contributed by atoms with Crippen LogP contribution >= 0.6 is 11.6 Å². The molecule has 1 aromatic rings. The molecule has 110 valence electrons. The lowest BCUT2D eigenvalue weighted by molar-refractivity contribution is -0.140. The van der Waals surface area contributed by atoms with Gasteiger partial charge in [-0.2, -0.15) is 0 Å². The highest BCUT2D eigenvalue weighted by atomic mass is 35.5. The molecule has 0 bridgehead atoms. The van der Waals surface area contributed by atoms with Gasteiger partial charge in [0.15, 0.2) is 0 Å². The van der Waals surface area contributed by atoms with E-state index in [0.29, 0.717) is 0 Å². The van der Waals surface area contributed by atoms with Gasteiger partial charge < -0.3 is 10.4 Å². The van der Waals surface area contributed by atoms with E-state index in [-0.39, 0.29) is 27.8 Å². The van der Waals surface area contributed by atoms with Crippen molar-refractivity contribution in [1.82, 2.24) is 5.32 Å². The van der Waals surface area contributed by atoms with Crippen molar-refractivity contribution < 1.29 is 19.5 Å². The number of benzene rings is 1. The standard InChI is InChI=1S/C15H14ClNO4/c1-7(2)11(15(20)21)17-12-10(16)13(18)8-5-3-4-6-9(8)14(12)19/h3-7,11,17H,1-2H3,(H,20,21)/t11-/m0/s1.